The molecule has 1 aromatic rings. The van der Waals surface area contributed by atoms with Crippen LogP contribution in [0.15, 0.2) is 12.1 Å². The predicted molar refractivity (Wildman–Crippen MR) is 76.9 cm³/mol. The van der Waals surface area contributed by atoms with E-state index in [1.54, 1.807) is 12.1 Å². The van der Waals surface area contributed by atoms with E-state index in [0.29, 0.717) is 11.4 Å². The van der Waals surface area contributed by atoms with E-state index < -0.39 is 0 Å². The lowest BCUT2D eigenvalue weighted by atomic mass is 10.1. The minimum atomic E-state index is -0.103. The van der Waals surface area contributed by atoms with Gasteiger partial charge in [-0.1, -0.05) is 0 Å². The molecular weight excluding hydrogens is 242 g/mol. The molecule has 0 aliphatic carbocycles. The number of amides is 1. The Kier molecular flexibility index (Phi) is 5.72. The molecule has 106 valence electrons. The molecule has 0 aromatic carbocycles. The molecule has 0 bridgehead atoms. The van der Waals surface area contributed by atoms with Crippen molar-refractivity contribution < 1.29 is 4.79 Å². The molecule has 0 saturated heterocycles. The Hall–Kier alpha value is -1.66. The molecule has 4 N–H and O–H groups in total. The number of carbonyl (C=O) groups is 1. The minimum Gasteiger partial charge on any atom is -0.350 e. The third kappa shape index (κ3) is 5.23. The van der Waals surface area contributed by atoms with Crippen LogP contribution in [0, 0.1) is 6.92 Å². The van der Waals surface area contributed by atoms with Gasteiger partial charge in [-0.05, 0) is 53.0 Å². The van der Waals surface area contributed by atoms with Crippen molar-refractivity contribution in [1.29, 1.82) is 0 Å². The van der Waals surface area contributed by atoms with Crippen molar-refractivity contribution in [2.75, 3.05) is 26.1 Å². The van der Waals surface area contributed by atoms with Gasteiger partial charge in [0, 0.05) is 17.3 Å². The highest BCUT2D eigenvalue weighted by Gasteiger charge is 2.11. The number of nitrogen functional groups attached to an aromatic ring is 1. The zero-order valence-corrected chi connectivity index (χ0v) is 12.0. The molecule has 1 aromatic heterocycles. The van der Waals surface area contributed by atoms with Crippen molar-refractivity contribution in [3.05, 3.63) is 23.4 Å². The number of nitrogens with zero attached hydrogens (tertiary/aromatic N) is 2. The molecule has 0 saturated carbocycles. The number of rotatable bonds is 6. The van der Waals surface area contributed by atoms with Crippen molar-refractivity contribution in [3.8, 4) is 0 Å². The molecule has 1 unspecified atom stereocenters. The predicted octanol–water partition coefficient (Wildman–Crippen LogP) is 0.746. The number of aromatic nitrogens is 1. The molecule has 1 heterocycles. The molecule has 1 atom stereocenters. The van der Waals surface area contributed by atoms with E-state index in [9.17, 15) is 4.79 Å². The van der Waals surface area contributed by atoms with Crippen LogP contribution in [0.1, 0.15) is 29.4 Å². The lowest BCUT2D eigenvalue weighted by molar-refractivity contribution is 0.0936. The Balaban J connectivity index is 2.64. The lowest BCUT2D eigenvalue weighted by Gasteiger charge is -2.17. The third-order valence-electron chi connectivity index (χ3n) is 2.75. The van der Waals surface area contributed by atoms with Gasteiger partial charge < -0.3 is 15.6 Å². The smallest absolute Gasteiger partial charge is 0.251 e. The van der Waals surface area contributed by atoms with E-state index in [1.165, 1.54) is 0 Å². The first-order valence-electron chi connectivity index (χ1n) is 6.33. The van der Waals surface area contributed by atoms with Gasteiger partial charge in [-0.15, -0.1) is 0 Å². The minimum absolute atomic E-state index is 0.103. The summed E-state index contributed by atoms with van der Waals surface area (Å²) in [6.45, 7) is 4.76. The SMILES string of the molecule is Cc1cc(C(=O)NC(C)CCN(C)C)cc(NN)n1. The fraction of sp³-hybridized carbons (Fsp3) is 0.538. The van der Waals surface area contributed by atoms with Gasteiger partial charge in [-0.25, -0.2) is 10.8 Å². The molecule has 1 amide bonds. The number of hydrazine groups is 1. The van der Waals surface area contributed by atoms with E-state index in [1.807, 2.05) is 27.9 Å². The van der Waals surface area contributed by atoms with Gasteiger partial charge in [0.05, 0.1) is 0 Å². The summed E-state index contributed by atoms with van der Waals surface area (Å²) in [5, 5.41) is 2.97. The Morgan fingerprint density at radius 3 is 2.74 bits per heavy atom. The van der Waals surface area contributed by atoms with Gasteiger partial charge in [-0.2, -0.15) is 0 Å². The summed E-state index contributed by atoms with van der Waals surface area (Å²) in [7, 11) is 4.03. The van der Waals surface area contributed by atoms with Crippen LogP contribution in [0.25, 0.3) is 0 Å². The van der Waals surface area contributed by atoms with E-state index in [4.69, 9.17) is 5.84 Å². The molecule has 1 rings (SSSR count). The highest BCUT2D eigenvalue weighted by molar-refractivity contribution is 5.95. The monoisotopic (exact) mass is 265 g/mol. The number of pyridine rings is 1. The maximum absolute atomic E-state index is 12.1. The summed E-state index contributed by atoms with van der Waals surface area (Å²) in [5.74, 6) is 5.71. The number of carbonyl (C=O) groups excluding carboxylic acids is 1. The fourth-order valence-corrected chi connectivity index (χ4v) is 1.70. The van der Waals surface area contributed by atoms with Crippen LogP contribution in [-0.4, -0.2) is 42.5 Å². The van der Waals surface area contributed by atoms with Crippen LogP contribution >= 0.6 is 0 Å². The van der Waals surface area contributed by atoms with Crippen molar-refractivity contribution in [3.63, 3.8) is 0 Å². The lowest BCUT2D eigenvalue weighted by Crippen LogP contribution is -2.35. The summed E-state index contributed by atoms with van der Waals surface area (Å²) in [6.07, 6.45) is 0.908. The number of nitrogens with one attached hydrogen (secondary N) is 2. The zero-order chi connectivity index (χ0) is 14.4. The maximum Gasteiger partial charge on any atom is 0.251 e. The van der Waals surface area contributed by atoms with Crippen molar-refractivity contribution in [2.45, 2.75) is 26.3 Å². The van der Waals surface area contributed by atoms with Crippen LogP contribution in [-0.2, 0) is 0 Å². The average Bonchev–Trinajstić information content (AvgIpc) is 2.35. The normalized spacial score (nSPS) is 12.3. The van der Waals surface area contributed by atoms with E-state index >= 15 is 0 Å². The summed E-state index contributed by atoms with van der Waals surface area (Å²) < 4.78 is 0. The fourth-order valence-electron chi connectivity index (χ4n) is 1.70. The first-order valence-corrected chi connectivity index (χ1v) is 6.33. The molecule has 0 aliphatic heterocycles. The van der Waals surface area contributed by atoms with Crippen LogP contribution < -0.4 is 16.6 Å². The number of hydrogen-bond donors (Lipinski definition) is 3. The van der Waals surface area contributed by atoms with Crippen LogP contribution in [0.2, 0.25) is 0 Å². The summed E-state index contributed by atoms with van der Waals surface area (Å²) in [4.78, 5) is 18.3. The Morgan fingerprint density at radius 2 is 2.16 bits per heavy atom. The first-order chi connectivity index (χ1) is 8.92. The van der Waals surface area contributed by atoms with E-state index in [-0.39, 0.29) is 11.9 Å². The molecular formula is C13H23N5O. The van der Waals surface area contributed by atoms with Crippen molar-refractivity contribution in [1.82, 2.24) is 15.2 Å². The quantitative estimate of drug-likeness (QED) is 0.522. The van der Waals surface area contributed by atoms with Gasteiger partial charge >= 0.3 is 0 Å². The number of nitrogens with two attached hydrogens (primary N) is 1. The summed E-state index contributed by atoms with van der Waals surface area (Å²) >= 11 is 0. The van der Waals surface area contributed by atoms with Gasteiger partial charge in [-0.3, -0.25) is 4.79 Å². The second-order valence-corrected chi connectivity index (χ2v) is 4.99. The van der Waals surface area contributed by atoms with Crippen LogP contribution in [0.3, 0.4) is 0 Å². The average molecular weight is 265 g/mol. The first kappa shape index (κ1) is 15.4. The molecule has 6 nitrogen and oxygen atoms in total. The standard InChI is InChI=1S/C13H23N5O/c1-9(5-6-18(3)4)16-13(19)11-7-10(2)15-12(8-11)17-14/h7-9H,5-6,14H2,1-4H3,(H,15,17)(H,16,19). The highest BCUT2D eigenvalue weighted by Crippen LogP contribution is 2.09. The maximum atomic E-state index is 12.1. The third-order valence-corrected chi connectivity index (χ3v) is 2.75. The molecule has 0 spiro atoms. The zero-order valence-electron chi connectivity index (χ0n) is 12.0. The highest BCUT2D eigenvalue weighted by atomic mass is 16.1. The van der Waals surface area contributed by atoms with E-state index in [2.05, 4.69) is 20.6 Å². The number of anilines is 1. The number of aryl methyl sites for hydroxylation is 1. The van der Waals surface area contributed by atoms with Gasteiger partial charge in [0.2, 0.25) is 0 Å². The Labute approximate surface area is 114 Å². The topological polar surface area (TPSA) is 83.3 Å². The Morgan fingerprint density at radius 1 is 1.47 bits per heavy atom. The second-order valence-electron chi connectivity index (χ2n) is 4.99. The molecule has 0 fully saturated rings. The van der Waals surface area contributed by atoms with Crippen LogP contribution in [0.5, 0.6) is 0 Å². The van der Waals surface area contributed by atoms with E-state index in [0.717, 1.165) is 18.7 Å². The van der Waals surface area contributed by atoms with Crippen molar-refractivity contribution >= 4 is 11.7 Å². The second kappa shape index (κ2) is 7.06. The van der Waals surface area contributed by atoms with Gasteiger partial charge in [0.15, 0.2) is 0 Å². The van der Waals surface area contributed by atoms with Gasteiger partial charge in [0.1, 0.15) is 5.82 Å². The number of hydrogen-bond acceptors (Lipinski definition) is 5. The van der Waals surface area contributed by atoms with Gasteiger partial charge in [0.25, 0.3) is 5.91 Å². The Bertz CT molecular complexity index is 433. The molecule has 19 heavy (non-hydrogen) atoms. The summed E-state index contributed by atoms with van der Waals surface area (Å²) in [5.41, 5.74) is 3.78. The summed E-state index contributed by atoms with van der Waals surface area (Å²) in [6, 6.07) is 3.51. The van der Waals surface area contributed by atoms with Crippen LogP contribution in [0.4, 0.5) is 5.82 Å². The molecule has 0 aliphatic rings. The molecule has 0 radical (unpaired) electrons. The largest absolute Gasteiger partial charge is 0.350 e. The van der Waals surface area contributed by atoms with Crippen molar-refractivity contribution in [2.24, 2.45) is 5.84 Å². The molecule has 6 heteroatoms.